The summed E-state index contributed by atoms with van der Waals surface area (Å²) in [7, 11) is 0. The molecule has 3 rings (SSSR count). The molecule has 0 aliphatic rings. The van der Waals surface area contributed by atoms with Crippen molar-refractivity contribution >= 4 is 22.4 Å². The quantitative estimate of drug-likeness (QED) is 0.773. The third-order valence-corrected chi connectivity index (χ3v) is 3.99. The predicted molar refractivity (Wildman–Crippen MR) is 86.6 cm³/mol. The number of carbonyl (C=O) groups is 1. The second-order valence-corrected chi connectivity index (χ2v) is 5.68. The second-order valence-electron chi connectivity index (χ2n) is 4.82. The molecule has 0 radical (unpaired) electrons. The lowest BCUT2D eigenvalue weighted by molar-refractivity contribution is 0.102. The van der Waals surface area contributed by atoms with Crippen molar-refractivity contribution < 1.29 is 9.18 Å². The topological polar surface area (TPSA) is 42.0 Å². The lowest BCUT2D eigenvalue weighted by Gasteiger charge is -2.04. The van der Waals surface area contributed by atoms with Crippen LogP contribution >= 0.6 is 11.3 Å². The average molecular weight is 312 g/mol. The van der Waals surface area contributed by atoms with Crippen molar-refractivity contribution in [3.63, 3.8) is 0 Å². The number of aromatic nitrogens is 1. The minimum atomic E-state index is -0.309. The van der Waals surface area contributed by atoms with E-state index in [1.807, 2.05) is 25.1 Å². The molecule has 0 fully saturated rings. The van der Waals surface area contributed by atoms with Gasteiger partial charge in [-0.15, -0.1) is 11.3 Å². The van der Waals surface area contributed by atoms with Gasteiger partial charge in [0.05, 0.1) is 5.69 Å². The summed E-state index contributed by atoms with van der Waals surface area (Å²) in [6.45, 7) is 1.88. The molecular weight excluding hydrogens is 299 g/mol. The van der Waals surface area contributed by atoms with E-state index in [-0.39, 0.29) is 11.7 Å². The van der Waals surface area contributed by atoms with Gasteiger partial charge in [0.2, 0.25) is 0 Å². The summed E-state index contributed by atoms with van der Waals surface area (Å²) < 4.78 is 13.2. The van der Waals surface area contributed by atoms with Crippen molar-refractivity contribution in [3.8, 4) is 11.3 Å². The van der Waals surface area contributed by atoms with Crippen LogP contribution in [0.5, 0.6) is 0 Å². The number of nitrogens with one attached hydrogen (secondary N) is 1. The summed E-state index contributed by atoms with van der Waals surface area (Å²) in [5.74, 6) is -0.505. The third kappa shape index (κ3) is 3.04. The number of nitrogens with zero attached hydrogens (tertiary/aromatic N) is 1. The van der Waals surface area contributed by atoms with Crippen molar-refractivity contribution in [1.82, 2.24) is 4.98 Å². The fourth-order valence-corrected chi connectivity index (χ4v) is 2.82. The van der Waals surface area contributed by atoms with Crippen LogP contribution in [-0.4, -0.2) is 10.9 Å². The monoisotopic (exact) mass is 312 g/mol. The zero-order valence-electron chi connectivity index (χ0n) is 11.8. The first-order valence-corrected chi connectivity index (χ1v) is 7.60. The lowest BCUT2D eigenvalue weighted by Crippen LogP contribution is -2.12. The molecule has 0 spiro atoms. The maximum absolute atomic E-state index is 13.2. The fraction of sp³-hybridized carbons (Fsp3) is 0.0588. The number of aryl methyl sites for hydroxylation is 1. The molecule has 0 bridgehead atoms. The number of anilines is 1. The maximum atomic E-state index is 13.2. The Kier molecular flexibility index (Phi) is 3.98. The van der Waals surface area contributed by atoms with E-state index in [4.69, 9.17) is 0 Å². The minimum absolute atomic E-state index is 0.196. The van der Waals surface area contributed by atoms with Crippen molar-refractivity contribution in [2.24, 2.45) is 0 Å². The third-order valence-electron chi connectivity index (χ3n) is 3.23. The minimum Gasteiger partial charge on any atom is -0.298 e. The first-order valence-electron chi connectivity index (χ1n) is 6.72. The first-order chi connectivity index (χ1) is 10.6. The summed E-state index contributed by atoms with van der Waals surface area (Å²) >= 11 is 1.31. The van der Waals surface area contributed by atoms with E-state index in [9.17, 15) is 9.18 Å². The molecule has 1 aromatic heterocycles. The van der Waals surface area contributed by atoms with Gasteiger partial charge in [-0.2, -0.15) is 0 Å². The van der Waals surface area contributed by atoms with E-state index < -0.39 is 0 Å². The largest absolute Gasteiger partial charge is 0.298 e. The van der Waals surface area contributed by atoms with Crippen LogP contribution < -0.4 is 5.32 Å². The van der Waals surface area contributed by atoms with Crippen LogP contribution in [0.1, 0.15) is 15.9 Å². The molecule has 22 heavy (non-hydrogen) atoms. The molecule has 1 amide bonds. The number of halogens is 1. The van der Waals surface area contributed by atoms with Crippen molar-refractivity contribution in [3.05, 3.63) is 70.9 Å². The van der Waals surface area contributed by atoms with Crippen LogP contribution in [0.2, 0.25) is 0 Å². The van der Waals surface area contributed by atoms with Crippen LogP contribution in [-0.2, 0) is 0 Å². The van der Waals surface area contributed by atoms with Gasteiger partial charge in [0.25, 0.3) is 5.91 Å². The lowest BCUT2D eigenvalue weighted by atomic mass is 10.1. The molecule has 3 nitrogen and oxygen atoms in total. The summed E-state index contributed by atoms with van der Waals surface area (Å²) in [4.78, 5) is 16.6. The second kappa shape index (κ2) is 6.07. The summed E-state index contributed by atoms with van der Waals surface area (Å²) in [5, 5.41) is 5.07. The van der Waals surface area contributed by atoms with Gasteiger partial charge in [0.1, 0.15) is 5.82 Å². The van der Waals surface area contributed by atoms with E-state index in [2.05, 4.69) is 10.3 Å². The molecule has 3 aromatic rings. The number of hydrogen-bond donors (Lipinski definition) is 1. The first kappa shape index (κ1) is 14.4. The van der Waals surface area contributed by atoms with E-state index in [0.717, 1.165) is 5.56 Å². The van der Waals surface area contributed by atoms with E-state index >= 15 is 0 Å². The van der Waals surface area contributed by atoms with Crippen LogP contribution in [0.3, 0.4) is 0 Å². The Balaban J connectivity index is 1.80. The Labute approximate surface area is 131 Å². The molecule has 1 heterocycles. The molecule has 0 unspecified atom stereocenters. The highest BCUT2D eigenvalue weighted by molar-refractivity contribution is 7.14. The Morgan fingerprint density at radius 2 is 2.00 bits per heavy atom. The number of carbonyl (C=O) groups excluding carboxylic acids is 1. The molecule has 1 N–H and O–H groups in total. The van der Waals surface area contributed by atoms with Gasteiger partial charge in [-0.25, -0.2) is 9.37 Å². The Bertz CT molecular complexity index is 829. The number of amides is 1. The molecule has 5 heteroatoms. The average Bonchev–Trinajstić information content (AvgIpc) is 2.96. The number of benzene rings is 2. The van der Waals surface area contributed by atoms with Crippen molar-refractivity contribution in [2.45, 2.75) is 6.92 Å². The molecule has 2 aromatic carbocycles. The zero-order valence-corrected chi connectivity index (χ0v) is 12.7. The smallest absolute Gasteiger partial charge is 0.257 e. The van der Waals surface area contributed by atoms with Crippen LogP contribution in [0.15, 0.2) is 53.9 Å². The normalized spacial score (nSPS) is 10.5. The van der Waals surface area contributed by atoms with Gasteiger partial charge in [0, 0.05) is 16.5 Å². The highest BCUT2D eigenvalue weighted by atomic mass is 32.1. The zero-order chi connectivity index (χ0) is 15.5. The van der Waals surface area contributed by atoms with Gasteiger partial charge in [0.15, 0.2) is 5.13 Å². The van der Waals surface area contributed by atoms with E-state index in [0.29, 0.717) is 22.0 Å². The Morgan fingerprint density at radius 3 is 2.77 bits per heavy atom. The fourth-order valence-electron chi connectivity index (χ4n) is 2.10. The molecule has 0 atom stereocenters. The molecule has 110 valence electrons. The number of thiazole rings is 1. The Hall–Kier alpha value is -2.53. The van der Waals surface area contributed by atoms with Gasteiger partial charge in [-0.05, 0) is 30.7 Å². The number of hydrogen-bond acceptors (Lipinski definition) is 3. The van der Waals surface area contributed by atoms with Crippen LogP contribution in [0, 0.1) is 12.7 Å². The van der Waals surface area contributed by atoms with Gasteiger partial charge in [-0.1, -0.05) is 30.3 Å². The highest BCUT2D eigenvalue weighted by Gasteiger charge is 2.11. The van der Waals surface area contributed by atoms with Gasteiger partial charge >= 0.3 is 0 Å². The standard InChI is InChI=1S/C17H13FN2OS/c1-11-5-2-3-8-14(11)16(21)20-17-19-15(10-22-17)12-6-4-7-13(18)9-12/h2-10H,1H3,(H,19,20,21). The summed E-state index contributed by atoms with van der Waals surface area (Å²) in [6, 6.07) is 13.6. The highest BCUT2D eigenvalue weighted by Crippen LogP contribution is 2.25. The van der Waals surface area contributed by atoms with E-state index in [1.54, 1.807) is 23.6 Å². The summed E-state index contributed by atoms with van der Waals surface area (Å²) in [5.41, 5.74) is 2.85. The summed E-state index contributed by atoms with van der Waals surface area (Å²) in [6.07, 6.45) is 0. The Morgan fingerprint density at radius 1 is 1.18 bits per heavy atom. The molecule has 0 aliphatic heterocycles. The maximum Gasteiger partial charge on any atom is 0.257 e. The predicted octanol–water partition coefficient (Wildman–Crippen LogP) is 4.51. The SMILES string of the molecule is Cc1ccccc1C(=O)Nc1nc(-c2cccc(F)c2)cs1. The van der Waals surface area contributed by atoms with E-state index in [1.165, 1.54) is 23.5 Å². The molecule has 0 saturated carbocycles. The van der Waals surface area contributed by atoms with Gasteiger partial charge in [-0.3, -0.25) is 10.1 Å². The van der Waals surface area contributed by atoms with Crippen LogP contribution in [0.4, 0.5) is 9.52 Å². The van der Waals surface area contributed by atoms with Gasteiger partial charge < -0.3 is 0 Å². The van der Waals surface area contributed by atoms with Crippen molar-refractivity contribution in [2.75, 3.05) is 5.32 Å². The molecule has 0 aliphatic carbocycles. The molecular formula is C17H13FN2OS. The van der Waals surface area contributed by atoms with Crippen LogP contribution in [0.25, 0.3) is 11.3 Å². The number of rotatable bonds is 3. The molecule has 0 saturated heterocycles. The van der Waals surface area contributed by atoms with Crippen molar-refractivity contribution in [1.29, 1.82) is 0 Å².